The van der Waals surface area contributed by atoms with Gasteiger partial charge in [0, 0.05) is 26.2 Å². The molecule has 0 spiro atoms. The molecule has 2 amide bonds. The molecule has 1 aliphatic heterocycles. The number of likely N-dealkylation sites (N-methyl/N-ethyl adjacent to an activating group) is 1. The molecule has 1 fully saturated rings. The first-order valence-corrected chi connectivity index (χ1v) is 7.72. The van der Waals surface area contributed by atoms with Gasteiger partial charge < -0.3 is 14.5 Å². The number of halogens is 1. The van der Waals surface area contributed by atoms with Crippen molar-refractivity contribution in [2.75, 3.05) is 20.7 Å². The molecule has 7 nitrogen and oxygen atoms in total. The predicted molar refractivity (Wildman–Crippen MR) is 78.9 cm³/mol. The number of carbonyl (C=O) groups is 2. The summed E-state index contributed by atoms with van der Waals surface area (Å²) in [5, 5.41) is 7.04. The highest BCUT2D eigenvalue weighted by Crippen LogP contribution is 2.39. The van der Waals surface area contributed by atoms with Crippen molar-refractivity contribution in [3.63, 3.8) is 0 Å². The molecule has 0 bridgehead atoms. The Morgan fingerprint density at radius 1 is 1.39 bits per heavy atom. The largest absolute Gasteiger partial charge is 0.365 e. The molecule has 126 valence electrons. The summed E-state index contributed by atoms with van der Waals surface area (Å²) in [6.45, 7) is 0.860. The molecule has 2 aliphatic rings. The van der Waals surface area contributed by atoms with Gasteiger partial charge in [0.25, 0.3) is 5.91 Å². The van der Waals surface area contributed by atoms with Crippen molar-refractivity contribution in [2.45, 2.75) is 44.6 Å². The maximum absolute atomic E-state index is 14.3. The van der Waals surface area contributed by atoms with E-state index in [1.165, 1.54) is 9.80 Å². The Morgan fingerprint density at radius 2 is 2.13 bits per heavy atom. The Hall–Kier alpha value is -1.96. The van der Waals surface area contributed by atoms with Crippen LogP contribution in [0, 0.1) is 0 Å². The van der Waals surface area contributed by atoms with E-state index in [-0.39, 0.29) is 19.1 Å². The van der Waals surface area contributed by atoms with Crippen molar-refractivity contribution >= 4 is 11.8 Å². The molecule has 8 heteroatoms. The molecule has 0 atom stereocenters. The summed E-state index contributed by atoms with van der Waals surface area (Å²) in [6, 6.07) is 0. The molecule has 1 saturated carbocycles. The fourth-order valence-corrected chi connectivity index (χ4v) is 2.81. The number of ether oxygens (including phenoxy) is 1. The first-order chi connectivity index (χ1) is 10.9. The molecule has 0 aromatic carbocycles. The molecule has 1 aliphatic carbocycles. The number of H-pyrrole nitrogens is 1. The third-order valence-corrected chi connectivity index (χ3v) is 4.52. The second-order valence-corrected chi connectivity index (χ2v) is 6.39. The monoisotopic (exact) mass is 324 g/mol. The zero-order valence-electron chi connectivity index (χ0n) is 13.4. The number of rotatable bonds is 5. The number of fused-ring (bicyclic) bond motifs is 1. The van der Waals surface area contributed by atoms with Crippen molar-refractivity contribution in [2.24, 2.45) is 0 Å². The van der Waals surface area contributed by atoms with Crippen LogP contribution < -0.4 is 0 Å². The van der Waals surface area contributed by atoms with Gasteiger partial charge in [0.15, 0.2) is 5.67 Å². The summed E-state index contributed by atoms with van der Waals surface area (Å²) in [4.78, 5) is 26.7. The van der Waals surface area contributed by atoms with Crippen molar-refractivity contribution in [3.05, 3.63) is 17.0 Å². The van der Waals surface area contributed by atoms with Crippen LogP contribution in [0.2, 0.25) is 0 Å². The average Bonchev–Trinajstić information content (AvgIpc) is 3.05. The molecule has 1 aromatic heterocycles. The van der Waals surface area contributed by atoms with Crippen LogP contribution in [0.5, 0.6) is 0 Å². The first-order valence-electron chi connectivity index (χ1n) is 7.72. The predicted octanol–water partition coefficient (Wildman–Crippen LogP) is 0.749. The molecular weight excluding hydrogens is 303 g/mol. The van der Waals surface area contributed by atoms with E-state index in [9.17, 15) is 14.0 Å². The number of aromatic nitrogens is 2. The lowest BCUT2D eigenvalue weighted by atomic mass is 9.81. The number of carbonyl (C=O) groups excluding carboxylic acids is 2. The number of hydrogen-bond donors (Lipinski definition) is 1. The molecule has 1 N–H and O–H groups in total. The number of alkyl halides is 1. The fourth-order valence-electron chi connectivity index (χ4n) is 2.81. The fraction of sp³-hybridized carbons (Fsp3) is 0.667. The van der Waals surface area contributed by atoms with Gasteiger partial charge in [-0.05, 0) is 19.3 Å². The minimum atomic E-state index is -1.67. The van der Waals surface area contributed by atoms with E-state index in [1.54, 1.807) is 14.1 Å². The molecule has 1 aromatic rings. The van der Waals surface area contributed by atoms with Crippen LogP contribution in [0.1, 0.15) is 36.2 Å². The second-order valence-electron chi connectivity index (χ2n) is 6.39. The third-order valence-electron chi connectivity index (χ3n) is 4.52. The van der Waals surface area contributed by atoms with Gasteiger partial charge in [-0.1, -0.05) is 0 Å². The summed E-state index contributed by atoms with van der Waals surface area (Å²) >= 11 is 0. The zero-order chi connectivity index (χ0) is 16.6. The van der Waals surface area contributed by atoms with E-state index < -0.39 is 11.6 Å². The third kappa shape index (κ3) is 2.95. The molecule has 0 saturated heterocycles. The lowest BCUT2D eigenvalue weighted by molar-refractivity contribution is -0.150. The Balaban J connectivity index is 1.58. The lowest BCUT2D eigenvalue weighted by Gasteiger charge is -2.35. The Kier molecular flexibility index (Phi) is 4.09. The van der Waals surface area contributed by atoms with Gasteiger partial charge in [-0.2, -0.15) is 5.10 Å². The topological polar surface area (TPSA) is 78.5 Å². The lowest BCUT2D eigenvalue weighted by Crippen LogP contribution is -2.48. The van der Waals surface area contributed by atoms with E-state index in [0.29, 0.717) is 31.6 Å². The van der Waals surface area contributed by atoms with E-state index >= 15 is 0 Å². The zero-order valence-corrected chi connectivity index (χ0v) is 13.4. The van der Waals surface area contributed by atoms with Gasteiger partial charge in [-0.15, -0.1) is 0 Å². The van der Waals surface area contributed by atoms with Gasteiger partial charge in [0.05, 0.1) is 24.5 Å². The van der Waals surface area contributed by atoms with Crippen LogP contribution in [-0.2, 0) is 34.0 Å². The Morgan fingerprint density at radius 3 is 2.74 bits per heavy atom. The van der Waals surface area contributed by atoms with E-state index in [2.05, 4.69) is 10.2 Å². The Labute approximate surface area is 133 Å². The maximum atomic E-state index is 14.3. The number of hydrogen-bond acceptors (Lipinski definition) is 4. The van der Waals surface area contributed by atoms with Crippen LogP contribution >= 0.6 is 0 Å². The summed E-state index contributed by atoms with van der Waals surface area (Å²) < 4.78 is 19.6. The summed E-state index contributed by atoms with van der Waals surface area (Å²) in [5.74, 6) is -0.554. The molecule has 0 radical (unpaired) electrons. The first kappa shape index (κ1) is 15.9. The number of aromatic amines is 1. The Bertz CT molecular complexity index is 624. The summed E-state index contributed by atoms with van der Waals surface area (Å²) in [7, 11) is 3.32. The second kappa shape index (κ2) is 5.92. The molecule has 3 rings (SSSR count). The number of nitrogens with zero attached hydrogens (tertiary/aromatic N) is 3. The van der Waals surface area contributed by atoms with Crippen LogP contribution in [0.4, 0.5) is 4.39 Å². The minimum absolute atomic E-state index is 0.0229. The highest BCUT2D eigenvalue weighted by Gasteiger charge is 2.48. The smallest absolute Gasteiger partial charge is 0.260 e. The van der Waals surface area contributed by atoms with Crippen molar-refractivity contribution < 1.29 is 18.7 Å². The normalized spacial score (nSPS) is 18.5. The quantitative estimate of drug-likeness (QED) is 0.867. The van der Waals surface area contributed by atoms with Crippen LogP contribution in [0.3, 0.4) is 0 Å². The minimum Gasteiger partial charge on any atom is -0.365 e. The average molecular weight is 324 g/mol. The maximum Gasteiger partial charge on any atom is 0.260 e. The van der Waals surface area contributed by atoms with Gasteiger partial charge in [-0.25, -0.2) is 4.39 Å². The molecular formula is C15H21FN4O3. The summed E-state index contributed by atoms with van der Waals surface area (Å²) in [6.07, 6.45) is 1.40. The van der Waals surface area contributed by atoms with Gasteiger partial charge >= 0.3 is 0 Å². The van der Waals surface area contributed by atoms with Crippen molar-refractivity contribution in [3.8, 4) is 0 Å². The van der Waals surface area contributed by atoms with Gasteiger partial charge in [0.2, 0.25) is 5.91 Å². The van der Waals surface area contributed by atoms with Crippen molar-refractivity contribution in [1.29, 1.82) is 0 Å². The van der Waals surface area contributed by atoms with Crippen LogP contribution in [0.15, 0.2) is 0 Å². The summed E-state index contributed by atoms with van der Waals surface area (Å²) in [5.41, 5.74) is 0.687. The van der Waals surface area contributed by atoms with E-state index in [1.807, 2.05) is 0 Å². The highest BCUT2D eigenvalue weighted by atomic mass is 19.1. The SMILES string of the molecule is CN(C)C(=O)COCc1n[nH]c2c1CN(C(=O)C1(F)CCC1)C2. The van der Waals surface area contributed by atoms with E-state index in [4.69, 9.17) is 4.74 Å². The van der Waals surface area contributed by atoms with E-state index in [0.717, 1.165) is 17.7 Å². The number of amides is 2. The van der Waals surface area contributed by atoms with Crippen LogP contribution in [-0.4, -0.2) is 58.2 Å². The van der Waals surface area contributed by atoms with Gasteiger partial charge in [-0.3, -0.25) is 14.7 Å². The standard InChI is InChI=1S/C15H21FN4O3/c1-19(2)13(21)9-23-8-12-10-6-20(7-11(10)17-18-12)14(22)15(16)4-3-5-15/h3-9H2,1-2H3,(H,17,18). The van der Waals surface area contributed by atoms with Crippen LogP contribution in [0.25, 0.3) is 0 Å². The molecule has 23 heavy (non-hydrogen) atoms. The van der Waals surface area contributed by atoms with Gasteiger partial charge in [0.1, 0.15) is 6.61 Å². The number of nitrogens with one attached hydrogen (secondary N) is 1. The molecule has 2 heterocycles. The van der Waals surface area contributed by atoms with Crippen molar-refractivity contribution in [1.82, 2.24) is 20.0 Å². The highest BCUT2D eigenvalue weighted by molar-refractivity contribution is 5.86. The molecule has 0 unspecified atom stereocenters.